The second-order valence-corrected chi connectivity index (χ2v) is 7.92. The van der Waals surface area contributed by atoms with Gasteiger partial charge in [0, 0.05) is 37.0 Å². The summed E-state index contributed by atoms with van der Waals surface area (Å²) >= 11 is 0. The summed E-state index contributed by atoms with van der Waals surface area (Å²) in [5.74, 6) is 1.30. The van der Waals surface area contributed by atoms with E-state index in [0.29, 0.717) is 43.2 Å². The number of amides is 1. The second-order valence-electron chi connectivity index (χ2n) is 7.92. The van der Waals surface area contributed by atoms with Crippen LogP contribution in [0.4, 0.5) is 0 Å². The topological polar surface area (TPSA) is 51.7 Å². The number of aromatic nitrogens is 1. The summed E-state index contributed by atoms with van der Waals surface area (Å²) < 4.78 is 11.6. The van der Waals surface area contributed by atoms with E-state index in [1.54, 1.807) is 13.3 Å². The van der Waals surface area contributed by atoms with Gasteiger partial charge in [-0.1, -0.05) is 60.7 Å². The van der Waals surface area contributed by atoms with Gasteiger partial charge in [-0.05, 0) is 47.5 Å². The maximum Gasteiger partial charge on any atom is 0.254 e. The second kappa shape index (κ2) is 11.7. The number of hydrogen-bond acceptors (Lipinski definition) is 4. The fourth-order valence-corrected chi connectivity index (χ4v) is 3.70. The molecule has 0 aliphatic heterocycles. The quantitative estimate of drug-likeness (QED) is 0.316. The highest BCUT2D eigenvalue weighted by Gasteiger charge is 2.17. The lowest BCUT2D eigenvalue weighted by Crippen LogP contribution is -2.32. The van der Waals surface area contributed by atoms with Crippen molar-refractivity contribution in [3.63, 3.8) is 0 Å². The van der Waals surface area contributed by atoms with Gasteiger partial charge in [0.05, 0.1) is 7.11 Å². The Bertz CT molecular complexity index is 1180. The van der Waals surface area contributed by atoms with Gasteiger partial charge in [-0.2, -0.15) is 0 Å². The molecule has 34 heavy (non-hydrogen) atoms. The lowest BCUT2D eigenvalue weighted by atomic mass is 10.1. The number of carbonyl (C=O) groups excluding carboxylic acids is 1. The van der Waals surface area contributed by atoms with Crippen molar-refractivity contribution in [3.8, 4) is 11.5 Å². The van der Waals surface area contributed by atoms with Gasteiger partial charge in [-0.25, -0.2) is 0 Å². The third-order valence-electron chi connectivity index (χ3n) is 5.51. The van der Waals surface area contributed by atoms with Gasteiger partial charge in [0.25, 0.3) is 5.91 Å². The molecule has 3 aromatic carbocycles. The fourth-order valence-electron chi connectivity index (χ4n) is 3.70. The van der Waals surface area contributed by atoms with E-state index in [9.17, 15) is 4.79 Å². The number of rotatable bonds is 10. The zero-order chi connectivity index (χ0) is 23.6. The van der Waals surface area contributed by atoms with Gasteiger partial charge in [0.1, 0.15) is 6.61 Å². The Morgan fingerprint density at radius 3 is 2.26 bits per heavy atom. The molecule has 1 heterocycles. The summed E-state index contributed by atoms with van der Waals surface area (Å²) in [6.07, 6.45) is 2.45. The molecule has 5 nitrogen and oxygen atoms in total. The van der Waals surface area contributed by atoms with Crippen molar-refractivity contribution in [3.05, 3.63) is 126 Å². The number of benzene rings is 3. The molecular weight excluding hydrogens is 424 g/mol. The highest BCUT2D eigenvalue weighted by atomic mass is 16.5. The van der Waals surface area contributed by atoms with Gasteiger partial charge in [0.2, 0.25) is 0 Å². The first-order valence-electron chi connectivity index (χ1n) is 11.3. The summed E-state index contributed by atoms with van der Waals surface area (Å²) in [6.45, 7) is 1.44. The zero-order valence-corrected chi connectivity index (χ0v) is 19.3. The van der Waals surface area contributed by atoms with E-state index in [1.807, 2.05) is 102 Å². The van der Waals surface area contributed by atoms with Crippen LogP contribution in [0.3, 0.4) is 0 Å². The van der Waals surface area contributed by atoms with Gasteiger partial charge < -0.3 is 14.4 Å². The van der Waals surface area contributed by atoms with Crippen LogP contribution in [0.5, 0.6) is 11.5 Å². The molecule has 4 rings (SSSR count). The first kappa shape index (κ1) is 23.1. The minimum atomic E-state index is -0.0147. The molecule has 1 aromatic heterocycles. The Morgan fingerprint density at radius 1 is 0.824 bits per heavy atom. The molecule has 0 saturated heterocycles. The molecule has 0 fully saturated rings. The lowest BCUT2D eigenvalue weighted by Gasteiger charge is -2.23. The van der Waals surface area contributed by atoms with Crippen LogP contribution in [0, 0.1) is 0 Å². The highest BCUT2D eigenvalue weighted by Crippen LogP contribution is 2.29. The average Bonchev–Trinajstić information content (AvgIpc) is 2.91. The van der Waals surface area contributed by atoms with Gasteiger partial charge in [-0.15, -0.1) is 0 Å². The normalized spacial score (nSPS) is 10.5. The lowest BCUT2D eigenvalue weighted by molar-refractivity contribution is 0.0744. The molecule has 0 unspecified atom stereocenters. The van der Waals surface area contributed by atoms with E-state index in [0.717, 1.165) is 16.8 Å². The van der Waals surface area contributed by atoms with E-state index in [-0.39, 0.29) is 5.91 Å². The third-order valence-corrected chi connectivity index (χ3v) is 5.51. The smallest absolute Gasteiger partial charge is 0.254 e. The number of pyridine rings is 1. The van der Waals surface area contributed by atoms with Crippen molar-refractivity contribution in [2.75, 3.05) is 13.7 Å². The monoisotopic (exact) mass is 452 g/mol. The standard InChI is InChI=1S/C29H28N2O3/c1-33-27-16-15-24(20-28(27)34-22-23-10-4-2-5-11-23)21-31(19-17-26-14-8-9-18-30-26)29(32)25-12-6-3-7-13-25/h2-16,18,20H,17,19,21-22H2,1H3. The van der Waals surface area contributed by atoms with Gasteiger partial charge in [0.15, 0.2) is 11.5 Å². The van der Waals surface area contributed by atoms with E-state index < -0.39 is 0 Å². The third kappa shape index (κ3) is 6.23. The van der Waals surface area contributed by atoms with Crippen molar-refractivity contribution in [2.24, 2.45) is 0 Å². The Hall–Kier alpha value is -4.12. The van der Waals surface area contributed by atoms with E-state index in [4.69, 9.17) is 9.47 Å². The Balaban J connectivity index is 1.53. The Kier molecular flexibility index (Phi) is 7.90. The van der Waals surface area contributed by atoms with Crippen molar-refractivity contribution in [2.45, 2.75) is 19.6 Å². The van der Waals surface area contributed by atoms with E-state index >= 15 is 0 Å². The molecule has 4 aromatic rings. The van der Waals surface area contributed by atoms with Crippen LogP contribution in [0.1, 0.15) is 27.2 Å². The maximum atomic E-state index is 13.3. The van der Waals surface area contributed by atoms with Crippen LogP contribution >= 0.6 is 0 Å². The summed E-state index contributed by atoms with van der Waals surface area (Å²) in [5, 5.41) is 0. The molecule has 5 heteroatoms. The number of nitrogens with zero attached hydrogens (tertiary/aromatic N) is 2. The predicted molar refractivity (Wildman–Crippen MR) is 133 cm³/mol. The Morgan fingerprint density at radius 2 is 1.56 bits per heavy atom. The van der Waals surface area contributed by atoms with E-state index in [1.165, 1.54) is 0 Å². The molecule has 0 aliphatic carbocycles. The fraction of sp³-hybridized carbons (Fsp3) is 0.172. The molecule has 0 atom stereocenters. The van der Waals surface area contributed by atoms with Crippen molar-refractivity contribution >= 4 is 5.91 Å². The molecule has 172 valence electrons. The number of hydrogen-bond donors (Lipinski definition) is 0. The summed E-state index contributed by atoms with van der Waals surface area (Å²) in [4.78, 5) is 19.6. The largest absolute Gasteiger partial charge is 0.493 e. The maximum absolute atomic E-state index is 13.3. The number of methoxy groups -OCH3 is 1. The number of carbonyl (C=O) groups is 1. The van der Waals surface area contributed by atoms with Crippen LogP contribution in [-0.2, 0) is 19.6 Å². The van der Waals surface area contributed by atoms with Gasteiger partial charge >= 0.3 is 0 Å². The average molecular weight is 453 g/mol. The summed E-state index contributed by atoms with van der Waals surface area (Å²) in [7, 11) is 1.63. The van der Waals surface area contributed by atoms with Crippen LogP contribution in [0.25, 0.3) is 0 Å². The zero-order valence-electron chi connectivity index (χ0n) is 19.3. The summed E-state index contributed by atoms with van der Waals surface area (Å²) in [5.41, 5.74) is 3.66. The molecule has 1 amide bonds. The molecule has 0 radical (unpaired) electrons. The Labute approximate surface area is 200 Å². The minimum absolute atomic E-state index is 0.0147. The van der Waals surface area contributed by atoms with Crippen LogP contribution < -0.4 is 9.47 Å². The van der Waals surface area contributed by atoms with Crippen molar-refractivity contribution < 1.29 is 14.3 Å². The molecule has 0 N–H and O–H groups in total. The first-order valence-corrected chi connectivity index (χ1v) is 11.3. The SMILES string of the molecule is COc1ccc(CN(CCc2ccccn2)C(=O)c2ccccc2)cc1OCc1ccccc1. The summed E-state index contributed by atoms with van der Waals surface area (Å²) in [6, 6.07) is 31.0. The molecule has 0 saturated carbocycles. The number of ether oxygens (including phenoxy) is 2. The molecule has 0 aliphatic rings. The van der Waals surface area contributed by atoms with Crippen LogP contribution in [0.2, 0.25) is 0 Å². The van der Waals surface area contributed by atoms with Gasteiger partial charge in [-0.3, -0.25) is 9.78 Å². The molecule has 0 spiro atoms. The van der Waals surface area contributed by atoms with Crippen LogP contribution in [0.15, 0.2) is 103 Å². The van der Waals surface area contributed by atoms with Crippen molar-refractivity contribution in [1.29, 1.82) is 0 Å². The molecular formula is C29H28N2O3. The molecule has 0 bridgehead atoms. The predicted octanol–water partition coefficient (Wildman–Crippen LogP) is 5.55. The highest BCUT2D eigenvalue weighted by molar-refractivity contribution is 5.94. The first-order chi connectivity index (χ1) is 16.7. The van der Waals surface area contributed by atoms with Crippen molar-refractivity contribution in [1.82, 2.24) is 9.88 Å². The van der Waals surface area contributed by atoms with E-state index in [2.05, 4.69) is 4.98 Å². The minimum Gasteiger partial charge on any atom is -0.493 e. The van der Waals surface area contributed by atoms with Crippen LogP contribution in [-0.4, -0.2) is 29.4 Å².